The Bertz CT molecular complexity index is 815. The average molecular weight is 377 g/mol. The predicted molar refractivity (Wildman–Crippen MR) is 94.1 cm³/mol. The van der Waals surface area contributed by atoms with E-state index in [9.17, 15) is 9.59 Å². The van der Waals surface area contributed by atoms with E-state index in [1.165, 1.54) is 23.5 Å². The smallest absolute Gasteiger partial charge is 0.251 e. The fourth-order valence-electron chi connectivity index (χ4n) is 3.02. The molecule has 0 aromatic carbocycles. The van der Waals surface area contributed by atoms with Crippen LogP contribution in [0.5, 0.6) is 0 Å². The van der Waals surface area contributed by atoms with Gasteiger partial charge in [0.15, 0.2) is 5.78 Å². The number of aromatic nitrogens is 2. The number of carbonyl (C=O) groups is 1. The molecule has 0 bridgehead atoms. The average Bonchev–Trinajstić information content (AvgIpc) is 3.29. The van der Waals surface area contributed by atoms with Crippen molar-refractivity contribution in [3.63, 3.8) is 0 Å². The molecule has 1 fully saturated rings. The molecule has 1 aliphatic carbocycles. The summed E-state index contributed by atoms with van der Waals surface area (Å²) in [6.45, 7) is 6.82. The molecule has 1 saturated carbocycles. The maximum absolute atomic E-state index is 12.9. The molecule has 0 N–H and O–H groups in total. The predicted octanol–water partition coefficient (Wildman–Crippen LogP) is 3.88. The van der Waals surface area contributed by atoms with Crippen LogP contribution in [0.2, 0.25) is 0 Å². The summed E-state index contributed by atoms with van der Waals surface area (Å²) in [5.74, 6) is 0.744. The van der Waals surface area contributed by atoms with E-state index < -0.39 is 6.04 Å². The van der Waals surface area contributed by atoms with Gasteiger partial charge in [-0.25, -0.2) is 0 Å². The minimum absolute atomic E-state index is 0.0136. The van der Waals surface area contributed by atoms with Gasteiger partial charge in [0, 0.05) is 40.2 Å². The Balaban J connectivity index is 1.93. The highest BCUT2D eigenvalue weighted by Crippen LogP contribution is 2.32. The van der Waals surface area contributed by atoms with E-state index in [4.69, 9.17) is 0 Å². The Morgan fingerprint density at radius 1 is 1.35 bits per heavy atom. The first-order chi connectivity index (χ1) is 10.9. The van der Waals surface area contributed by atoms with E-state index in [2.05, 4.69) is 20.5 Å². The maximum Gasteiger partial charge on any atom is 0.251 e. The number of pyridine rings is 1. The van der Waals surface area contributed by atoms with Crippen molar-refractivity contribution in [2.75, 3.05) is 0 Å². The van der Waals surface area contributed by atoms with Crippen molar-refractivity contribution in [2.45, 2.75) is 46.2 Å². The summed E-state index contributed by atoms with van der Waals surface area (Å²) in [5.41, 5.74) is 2.68. The highest BCUT2D eigenvalue weighted by molar-refractivity contribution is 9.10. The van der Waals surface area contributed by atoms with Gasteiger partial charge in [0.2, 0.25) is 0 Å². The lowest BCUT2D eigenvalue weighted by Gasteiger charge is -2.15. The molecule has 1 unspecified atom stereocenters. The van der Waals surface area contributed by atoms with Crippen molar-refractivity contribution in [3.8, 4) is 0 Å². The first-order valence-corrected chi connectivity index (χ1v) is 8.76. The molecular weight excluding hydrogens is 356 g/mol. The normalized spacial score (nSPS) is 15.7. The molecule has 0 spiro atoms. The Morgan fingerprint density at radius 2 is 2.04 bits per heavy atom. The van der Waals surface area contributed by atoms with Crippen molar-refractivity contribution < 1.29 is 4.79 Å². The van der Waals surface area contributed by atoms with Crippen LogP contribution >= 0.6 is 15.9 Å². The van der Waals surface area contributed by atoms with Gasteiger partial charge in [-0.1, -0.05) is 0 Å². The number of aryl methyl sites for hydroxylation is 1. The van der Waals surface area contributed by atoms with E-state index in [0.717, 1.165) is 33.9 Å². The molecule has 0 radical (unpaired) electrons. The number of rotatable bonds is 5. The molecule has 0 saturated heterocycles. The van der Waals surface area contributed by atoms with E-state index in [-0.39, 0.29) is 11.3 Å². The number of nitrogens with zero attached hydrogens (tertiary/aromatic N) is 2. The maximum atomic E-state index is 12.9. The number of Topliss-reactive ketones (excluding diaryl/α,β-unsaturated/α-hetero) is 1. The second-order valence-electron chi connectivity index (χ2n) is 6.47. The molecule has 1 aliphatic rings. The summed E-state index contributed by atoms with van der Waals surface area (Å²) in [7, 11) is 0. The van der Waals surface area contributed by atoms with Crippen LogP contribution in [-0.2, 0) is 6.54 Å². The molecule has 2 heterocycles. The molecule has 0 aliphatic heterocycles. The molecule has 23 heavy (non-hydrogen) atoms. The summed E-state index contributed by atoms with van der Waals surface area (Å²) >= 11 is 3.36. The van der Waals surface area contributed by atoms with Crippen LogP contribution < -0.4 is 5.56 Å². The molecule has 1 atom stereocenters. The van der Waals surface area contributed by atoms with Gasteiger partial charge in [0.1, 0.15) is 0 Å². The van der Waals surface area contributed by atoms with Crippen molar-refractivity contribution in [1.82, 2.24) is 9.13 Å². The monoisotopic (exact) mass is 376 g/mol. The van der Waals surface area contributed by atoms with Gasteiger partial charge < -0.3 is 9.13 Å². The summed E-state index contributed by atoms with van der Waals surface area (Å²) in [6.07, 6.45) is 4.24. The zero-order chi connectivity index (χ0) is 16.7. The zero-order valence-corrected chi connectivity index (χ0v) is 15.3. The number of hydrogen-bond acceptors (Lipinski definition) is 2. The van der Waals surface area contributed by atoms with E-state index >= 15 is 0 Å². The number of hydrogen-bond donors (Lipinski definition) is 0. The molecule has 4 nitrogen and oxygen atoms in total. The Hall–Kier alpha value is -1.62. The van der Waals surface area contributed by atoms with Gasteiger partial charge >= 0.3 is 0 Å². The third-order valence-electron chi connectivity index (χ3n) is 4.68. The van der Waals surface area contributed by atoms with Crippen LogP contribution in [0.25, 0.3) is 0 Å². The highest BCUT2D eigenvalue weighted by atomic mass is 79.9. The Kier molecular flexibility index (Phi) is 4.32. The van der Waals surface area contributed by atoms with Crippen molar-refractivity contribution in [2.24, 2.45) is 5.92 Å². The molecule has 122 valence electrons. The minimum atomic E-state index is -0.519. The summed E-state index contributed by atoms with van der Waals surface area (Å²) in [6, 6.07) is 4.61. The summed E-state index contributed by atoms with van der Waals surface area (Å²) in [4.78, 5) is 25.0. The SMILES string of the molecule is Cc1cc(C(=O)C(C)n2cc(Br)ccc2=O)c(C)n1CC1CC1. The largest absolute Gasteiger partial charge is 0.348 e. The molecule has 3 rings (SSSR count). The molecule has 0 amide bonds. The van der Waals surface area contributed by atoms with Crippen molar-refractivity contribution in [3.05, 3.63) is 56.2 Å². The lowest BCUT2D eigenvalue weighted by molar-refractivity contribution is 0.0932. The van der Waals surface area contributed by atoms with Crippen LogP contribution in [0.3, 0.4) is 0 Å². The van der Waals surface area contributed by atoms with Gasteiger partial charge in [0.05, 0.1) is 6.04 Å². The Morgan fingerprint density at radius 3 is 2.70 bits per heavy atom. The standard InChI is InChI=1S/C18H21BrN2O2/c1-11-8-16(12(2)20(11)9-14-4-5-14)18(23)13(3)21-10-15(19)6-7-17(21)22/h6-8,10,13-14H,4-5,9H2,1-3H3. The van der Waals surface area contributed by atoms with Gasteiger partial charge in [-0.05, 0) is 67.6 Å². The van der Waals surface area contributed by atoms with E-state index in [0.29, 0.717) is 0 Å². The van der Waals surface area contributed by atoms with Gasteiger partial charge in [-0.2, -0.15) is 0 Å². The zero-order valence-electron chi connectivity index (χ0n) is 13.7. The van der Waals surface area contributed by atoms with Crippen molar-refractivity contribution >= 4 is 21.7 Å². The van der Waals surface area contributed by atoms with E-state index in [1.54, 1.807) is 19.2 Å². The summed E-state index contributed by atoms with van der Waals surface area (Å²) in [5, 5.41) is 0. The first-order valence-electron chi connectivity index (χ1n) is 7.97. The molecular formula is C18H21BrN2O2. The fraction of sp³-hybridized carbons (Fsp3) is 0.444. The Labute approximate surface area is 144 Å². The number of halogens is 1. The second-order valence-corrected chi connectivity index (χ2v) is 7.39. The molecule has 2 aromatic heterocycles. The summed E-state index contributed by atoms with van der Waals surface area (Å²) < 4.78 is 4.51. The molecule has 5 heteroatoms. The van der Waals surface area contributed by atoms with Crippen LogP contribution in [0.4, 0.5) is 0 Å². The highest BCUT2D eigenvalue weighted by Gasteiger charge is 2.26. The third-order valence-corrected chi connectivity index (χ3v) is 5.14. The number of ketones is 1. The van der Waals surface area contributed by atoms with Crippen LogP contribution in [0.15, 0.2) is 33.7 Å². The molecule has 2 aromatic rings. The number of carbonyl (C=O) groups excluding carboxylic acids is 1. The van der Waals surface area contributed by atoms with Crippen LogP contribution in [0, 0.1) is 19.8 Å². The van der Waals surface area contributed by atoms with Gasteiger partial charge in [0.25, 0.3) is 5.56 Å². The van der Waals surface area contributed by atoms with Gasteiger partial charge in [-0.3, -0.25) is 9.59 Å². The van der Waals surface area contributed by atoms with Gasteiger partial charge in [-0.15, -0.1) is 0 Å². The lowest BCUT2D eigenvalue weighted by atomic mass is 10.1. The van der Waals surface area contributed by atoms with Crippen molar-refractivity contribution in [1.29, 1.82) is 0 Å². The quantitative estimate of drug-likeness (QED) is 0.743. The fourth-order valence-corrected chi connectivity index (χ4v) is 3.37. The second kappa shape index (κ2) is 6.11. The lowest BCUT2D eigenvalue weighted by Crippen LogP contribution is -2.27. The van der Waals surface area contributed by atoms with Crippen LogP contribution in [0.1, 0.15) is 47.6 Å². The van der Waals surface area contributed by atoms with E-state index in [1.807, 2.05) is 19.9 Å². The first kappa shape index (κ1) is 16.2. The third kappa shape index (κ3) is 3.20. The minimum Gasteiger partial charge on any atom is -0.348 e. The van der Waals surface area contributed by atoms with Crippen LogP contribution in [-0.4, -0.2) is 14.9 Å². The topological polar surface area (TPSA) is 44.0 Å².